The number of carboxylic acid groups (broad SMARTS) is 1. The number of nitrogens with zero attached hydrogens (tertiary/aromatic N) is 1. The first kappa shape index (κ1) is 13.0. The Morgan fingerprint density at radius 2 is 1.59 bits per heavy atom. The predicted octanol–water partition coefficient (Wildman–Crippen LogP) is 0.993. The van der Waals surface area contributed by atoms with Crippen molar-refractivity contribution in [2.45, 2.75) is 22.5 Å². The fraction of sp³-hybridized carbons (Fsp3) is 0.700. The van der Waals surface area contributed by atoms with Crippen LogP contribution in [0.25, 0.3) is 0 Å². The van der Waals surface area contributed by atoms with Crippen molar-refractivity contribution in [2.24, 2.45) is 11.8 Å². The molecule has 1 aliphatic carbocycles. The van der Waals surface area contributed by atoms with E-state index in [1.807, 2.05) is 0 Å². The smallest absolute Gasteiger partial charge is 0.323 e. The number of amides is 2. The van der Waals surface area contributed by atoms with Crippen molar-refractivity contribution in [1.29, 1.82) is 0 Å². The maximum absolute atomic E-state index is 11.9. The molecule has 1 saturated carbocycles. The van der Waals surface area contributed by atoms with Crippen LogP contribution >= 0.6 is 31.9 Å². The molecule has 2 rings (SSSR count). The lowest BCUT2D eigenvalue weighted by Crippen LogP contribution is -2.35. The molecule has 94 valence electrons. The molecule has 0 aromatic rings. The zero-order valence-corrected chi connectivity index (χ0v) is 12.0. The van der Waals surface area contributed by atoms with Gasteiger partial charge in [0.25, 0.3) is 0 Å². The van der Waals surface area contributed by atoms with Crippen LogP contribution in [0.1, 0.15) is 12.8 Å². The van der Waals surface area contributed by atoms with E-state index in [1.165, 1.54) is 0 Å². The van der Waals surface area contributed by atoms with Gasteiger partial charge in [0.05, 0.1) is 11.8 Å². The molecule has 1 N–H and O–H groups in total. The largest absolute Gasteiger partial charge is 0.480 e. The van der Waals surface area contributed by atoms with Crippen molar-refractivity contribution < 1.29 is 19.5 Å². The molecule has 2 fully saturated rings. The Hall–Kier alpha value is -0.430. The van der Waals surface area contributed by atoms with Crippen molar-refractivity contribution in [2.75, 3.05) is 6.54 Å². The Balaban J connectivity index is 2.19. The number of fused-ring (bicyclic) bond motifs is 1. The van der Waals surface area contributed by atoms with Gasteiger partial charge in [-0.25, -0.2) is 0 Å². The van der Waals surface area contributed by atoms with Crippen molar-refractivity contribution in [3.8, 4) is 0 Å². The van der Waals surface area contributed by atoms with Crippen LogP contribution in [-0.2, 0) is 14.4 Å². The van der Waals surface area contributed by atoms with Crippen LogP contribution in [0.5, 0.6) is 0 Å². The van der Waals surface area contributed by atoms with Gasteiger partial charge in [0.15, 0.2) is 0 Å². The number of aliphatic carboxylic acids is 1. The molecule has 7 heteroatoms. The fourth-order valence-corrected chi connectivity index (χ4v) is 3.69. The number of likely N-dealkylation sites (tertiary alicyclic amines) is 1. The van der Waals surface area contributed by atoms with Gasteiger partial charge in [0.2, 0.25) is 11.8 Å². The average molecular weight is 369 g/mol. The number of carboxylic acids is 1. The summed E-state index contributed by atoms with van der Waals surface area (Å²) in [5.74, 6) is -2.56. The Labute approximate surface area is 115 Å². The van der Waals surface area contributed by atoms with Gasteiger partial charge in [0, 0.05) is 9.65 Å². The van der Waals surface area contributed by atoms with Gasteiger partial charge in [-0.2, -0.15) is 0 Å². The van der Waals surface area contributed by atoms with E-state index in [-0.39, 0.29) is 33.3 Å². The lowest BCUT2D eigenvalue weighted by Gasteiger charge is -2.29. The van der Waals surface area contributed by atoms with Gasteiger partial charge < -0.3 is 5.11 Å². The van der Waals surface area contributed by atoms with Gasteiger partial charge in [-0.1, -0.05) is 31.9 Å². The normalized spacial score (nSPS) is 37.2. The Kier molecular flexibility index (Phi) is 3.58. The number of carbonyl (C=O) groups is 3. The summed E-state index contributed by atoms with van der Waals surface area (Å²) in [6.07, 6.45) is 1.14. The second-order valence-electron chi connectivity index (χ2n) is 4.37. The van der Waals surface area contributed by atoms with Gasteiger partial charge in [0.1, 0.15) is 6.54 Å². The number of hydrogen-bond acceptors (Lipinski definition) is 3. The Bertz CT molecular complexity index is 359. The van der Waals surface area contributed by atoms with Crippen LogP contribution < -0.4 is 0 Å². The summed E-state index contributed by atoms with van der Waals surface area (Å²) in [7, 11) is 0. The highest BCUT2D eigenvalue weighted by atomic mass is 79.9. The van der Waals surface area contributed by atoms with E-state index in [1.54, 1.807) is 0 Å². The predicted molar refractivity (Wildman–Crippen MR) is 66.0 cm³/mol. The standard InChI is InChI=1S/C10H11Br2NO4/c11-6-1-4-5(2-7(6)12)10(17)13(9(4)16)3-8(14)15/h4-7H,1-3H2,(H,14,15)/t4-,5-,6-,7+/m0/s1. The molecule has 17 heavy (non-hydrogen) atoms. The van der Waals surface area contributed by atoms with Crippen molar-refractivity contribution in [1.82, 2.24) is 4.90 Å². The van der Waals surface area contributed by atoms with E-state index in [9.17, 15) is 14.4 Å². The lowest BCUT2D eigenvalue weighted by molar-refractivity contribution is -0.149. The van der Waals surface area contributed by atoms with Crippen molar-refractivity contribution in [3.05, 3.63) is 0 Å². The highest BCUT2D eigenvalue weighted by Gasteiger charge is 2.52. The van der Waals surface area contributed by atoms with Crippen molar-refractivity contribution >= 4 is 49.6 Å². The summed E-state index contributed by atoms with van der Waals surface area (Å²) in [4.78, 5) is 35.7. The first-order valence-electron chi connectivity index (χ1n) is 5.27. The van der Waals surface area contributed by atoms with Crippen LogP contribution in [0.4, 0.5) is 0 Å². The molecule has 1 aliphatic heterocycles. The monoisotopic (exact) mass is 367 g/mol. The van der Waals surface area contributed by atoms with Gasteiger partial charge in [-0.05, 0) is 12.8 Å². The molecule has 0 spiro atoms. The highest BCUT2D eigenvalue weighted by molar-refractivity contribution is 9.12. The minimum atomic E-state index is -1.16. The molecule has 4 atom stereocenters. The summed E-state index contributed by atoms with van der Waals surface area (Å²) in [6, 6.07) is 0. The van der Waals surface area contributed by atoms with Gasteiger partial charge >= 0.3 is 5.97 Å². The molecule has 0 aromatic carbocycles. The summed E-state index contributed by atoms with van der Waals surface area (Å²) in [5, 5.41) is 8.68. The lowest BCUT2D eigenvalue weighted by atomic mass is 9.81. The summed E-state index contributed by atoms with van der Waals surface area (Å²) in [5.41, 5.74) is 0. The summed E-state index contributed by atoms with van der Waals surface area (Å²) in [6.45, 7) is -0.523. The van der Waals surface area contributed by atoms with Gasteiger partial charge in [-0.15, -0.1) is 0 Å². The summed E-state index contributed by atoms with van der Waals surface area (Å²) >= 11 is 6.93. The summed E-state index contributed by atoms with van der Waals surface area (Å²) < 4.78 is 0. The topological polar surface area (TPSA) is 74.7 Å². The number of rotatable bonds is 2. The number of alkyl halides is 2. The van der Waals surface area contributed by atoms with E-state index >= 15 is 0 Å². The molecule has 1 saturated heterocycles. The molecular formula is C10H11Br2NO4. The molecule has 2 aliphatic rings. The number of imide groups is 1. The van der Waals surface area contributed by atoms with Crippen LogP contribution in [-0.4, -0.2) is 44.0 Å². The molecule has 5 nitrogen and oxygen atoms in total. The first-order chi connectivity index (χ1) is 7.91. The molecule has 0 unspecified atom stereocenters. The van der Waals surface area contributed by atoms with Crippen LogP contribution in [0.2, 0.25) is 0 Å². The maximum atomic E-state index is 11.9. The van der Waals surface area contributed by atoms with Crippen LogP contribution in [0.3, 0.4) is 0 Å². The van der Waals surface area contributed by atoms with E-state index in [4.69, 9.17) is 5.11 Å². The first-order valence-corrected chi connectivity index (χ1v) is 7.10. The van der Waals surface area contributed by atoms with Gasteiger partial charge in [-0.3, -0.25) is 19.3 Å². The number of halogens is 2. The molecule has 2 amide bonds. The molecule has 1 heterocycles. The third-order valence-electron chi connectivity index (χ3n) is 3.30. The minimum Gasteiger partial charge on any atom is -0.480 e. The maximum Gasteiger partial charge on any atom is 0.323 e. The quantitative estimate of drug-likeness (QED) is 0.582. The van der Waals surface area contributed by atoms with Crippen LogP contribution in [0, 0.1) is 11.8 Å². The molecule has 0 aromatic heterocycles. The van der Waals surface area contributed by atoms with E-state index in [0.29, 0.717) is 12.8 Å². The van der Waals surface area contributed by atoms with E-state index in [0.717, 1.165) is 4.90 Å². The minimum absolute atomic E-state index is 0.144. The fourth-order valence-electron chi connectivity index (χ4n) is 2.45. The molecule has 0 bridgehead atoms. The number of hydrogen-bond donors (Lipinski definition) is 1. The van der Waals surface area contributed by atoms with Crippen LogP contribution in [0.15, 0.2) is 0 Å². The van der Waals surface area contributed by atoms with E-state index < -0.39 is 12.5 Å². The zero-order chi connectivity index (χ0) is 12.7. The Morgan fingerprint density at radius 1 is 1.18 bits per heavy atom. The molecule has 0 radical (unpaired) electrons. The zero-order valence-electron chi connectivity index (χ0n) is 8.81. The third kappa shape index (κ3) is 2.27. The molecular weight excluding hydrogens is 358 g/mol. The second kappa shape index (κ2) is 4.68. The highest BCUT2D eigenvalue weighted by Crippen LogP contribution is 2.42. The SMILES string of the molecule is O=C(O)CN1C(=O)[C@H]2C[C@@H](Br)[C@@H](Br)C[C@@H]2C1=O. The Morgan fingerprint density at radius 3 is 1.94 bits per heavy atom. The number of carbonyl (C=O) groups excluding carboxylic acids is 2. The average Bonchev–Trinajstić information content (AvgIpc) is 2.45. The van der Waals surface area contributed by atoms with Crippen molar-refractivity contribution in [3.63, 3.8) is 0 Å². The third-order valence-corrected chi connectivity index (χ3v) is 6.03. The van der Waals surface area contributed by atoms with E-state index in [2.05, 4.69) is 31.9 Å². The second-order valence-corrected chi connectivity index (χ2v) is 6.73.